The number of hydrogen-bond acceptors (Lipinski definition) is 8. The Bertz CT molecular complexity index is 1090. The van der Waals surface area contributed by atoms with E-state index in [0.29, 0.717) is 30.6 Å². The van der Waals surface area contributed by atoms with Gasteiger partial charge in [0.15, 0.2) is 6.79 Å². The fourth-order valence-electron chi connectivity index (χ4n) is 3.29. The summed E-state index contributed by atoms with van der Waals surface area (Å²) in [6, 6.07) is 3.00. The fourth-order valence-corrected chi connectivity index (χ4v) is 4.05. The summed E-state index contributed by atoms with van der Waals surface area (Å²) in [5.74, 6) is 0.302. The van der Waals surface area contributed by atoms with Crippen LogP contribution >= 0.6 is 0 Å². The largest absolute Gasteiger partial charge is 0.462 e. The Labute approximate surface area is 201 Å². The molecular formula is C23H36N6O4Si. The second-order valence-corrected chi connectivity index (χ2v) is 15.2. The van der Waals surface area contributed by atoms with Crippen molar-refractivity contribution in [2.45, 2.75) is 45.6 Å². The van der Waals surface area contributed by atoms with Crippen molar-refractivity contribution in [1.29, 1.82) is 0 Å². The van der Waals surface area contributed by atoms with E-state index in [9.17, 15) is 4.79 Å². The molecule has 3 aromatic heterocycles. The van der Waals surface area contributed by atoms with E-state index in [-0.39, 0.29) is 6.79 Å². The molecule has 0 aliphatic heterocycles. The molecule has 0 aromatic carbocycles. The van der Waals surface area contributed by atoms with Crippen LogP contribution in [-0.2, 0) is 16.0 Å². The smallest absolute Gasteiger partial charge is 0.341 e. The third kappa shape index (κ3) is 7.12. The lowest BCUT2D eigenvalue weighted by Crippen LogP contribution is -2.22. The molecule has 0 saturated heterocycles. The molecule has 0 aliphatic rings. The Morgan fingerprint density at radius 2 is 2.00 bits per heavy atom. The third-order valence-corrected chi connectivity index (χ3v) is 6.85. The van der Waals surface area contributed by atoms with Crippen molar-refractivity contribution >= 4 is 25.1 Å². The van der Waals surface area contributed by atoms with Crippen molar-refractivity contribution in [3.63, 3.8) is 0 Å². The first-order chi connectivity index (χ1) is 16.2. The first-order valence-electron chi connectivity index (χ1n) is 11.6. The van der Waals surface area contributed by atoms with Gasteiger partial charge in [0, 0.05) is 33.6 Å². The van der Waals surface area contributed by atoms with E-state index in [2.05, 4.69) is 58.3 Å². The van der Waals surface area contributed by atoms with Crippen molar-refractivity contribution in [2.24, 2.45) is 0 Å². The van der Waals surface area contributed by atoms with Crippen LogP contribution in [0, 0.1) is 0 Å². The van der Waals surface area contributed by atoms with Gasteiger partial charge in [-0.25, -0.2) is 14.5 Å². The second kappa shape index (κ2) is 11.6. The number of ether oxygens (including phenoxy) is 3. The summed E-state index contributed by atoms with van der Waals surface area (Å²) in [4.78, 5) is 23.5. The van der Waals surface area contributed by atoms with Crippen LogP contribution in [-0.4, -0.2) is 83.9 Å². The number of carbonyl (C=O) groups excluding carboxylic acids is 1. The number of nitrogens with zero attached hydrogens (tertiary/aromatic N) is 6. The Morgan fingerprint density at radius 1 is 1.21 bits per heavy atom. The van der Waals surface area contributed by atoms with E-state index in [4.69, 9.17) is 14.2 Å². The summed E-state index contributed by atoms with van der Waals surface area (Å²) in [7, 11) is 2.94. The number of aryl methyl sites for hydroxylation is 1. The van der Waals surface area contributed by atoms with Crippen LogP contribution < -0.4 is 4.74 Å². The maximum atomic E-state index is 12.0. The van der Waals surface area contributed by atoms with Gasteiger partial charge in [-0.1, -0.05) is 19.6 Å². The highest BCUT2D eigenvalue weighted by Gasteiger charge is 2.18. The lowest BCUT2D eigenvalue weighted by molar-refractivity contribution is 0.0200. The summed E-state index contributed by atoms with van der Waals surface area (Å²) in [6.45, 7) is 11.5. The maximum Gasteiger partial charge on any atom is 0.341 e. The maximum absolute atomic E-state index is 12.0. The van der Waals surface area contributed by atoms with Crippen LogP contribution in [0.1, 0.15) is 23.7 Å². The van der Waals surface area contributed by atoms with Crippen molar-refractivity contribution in [3.05, 3.63) is 30.2 Å². The molecule has 0 spiro atoms. The summed E-state index contributed by atoms with van der Waals surface area (Å²) >= 11 is 0. The molecule has 0 amide bonds. The summed E-state index contributed by atoms with van der Waals surface area (Å²) < 4.78 is 20.4. The van der Waals surface area contributed by atoms with Gasteiger partial charge >= 0.3 is 5.97 Å². The monoisotopic (exact) mass is 488 g/mol. The summed E-state index contributed by atoms with van der Waals surface area (Å²) in [6.07, 6.45) is 5.97. The summed E-state index contributed by atoms with van der Waals surface area (Å²) in [5.41, 5.74) is 1.89. The molecule has 0 N–H and O–H groups in total. The third-order valence-electron chi connectivity index (χ3n) is 5.15. The van der Waals surface area contributed by atoms with Crippen LogP contribution in [0.2, 0.25) is 25.7 Å². The number of aromatic nitrogens is 5. The quantitative estimate of drug-likeness (QED) is 0.156. The van der Waals surface area contributed by atoms with Gasteiger partial charge in [-0.3, -0.25) is 0 Å². The molecule has 3 rings (SSSR count). The van der Waals surface area contributed by atoms with E-state index >= 15 is 0 Å². The molecule has 34 heavy (non-hydrogen) atoms. The average Bonchev–Trinajstić information content (AvgIpc) is 3.40. The molecule has 0 bridgehead atoms. The predicted octanol–water partition coefficient (Wildman–Crippen LogP) is 3.44. The van der Waals surface area contributed by atoms with Crippen LogP contribution in [0.4, 0.5) is 0 Å². The molecular weight excluding hydrogens is 452 g/mol. The van der Waals surface area contributed by atoms with Gasteiger partial charge in [-0.05, 0) is 46.1 Å². The topological polar surface area (TPSA) is 96.5 Å². The minimum absolute atomic E-state index is 0.103. The van der Waals surface area contributed by atoms with E-state index in [1.165, 1.54) is 10.9 Å². The molecule has 0 unspecified atom stereocenters. The number of fused-ring (bicyclic) bond motifs is 1. The molecule has 0 radical (unpaired) electrons. The Hall–Kier alpha value is -2.76. The molecule has 11 heteroatoms. The normalized spacial score (nSPS) is 12.0. The molecule has 0 saturated carbocycles. The predicted molar refractivity (Wildman–Crippen MR) is 133 cm³/mol. The van der Waals surface area contributed by atoms with Gasteiger partial charge in [0.2, 0.25) is 5.88 Å². The van der Waals surface area contributed by atoms with Crippen LogP contribution in [0.5, 0.6) is 5.88 Å². The Morgan fingerprint density at radius 3 is 2.71 bits per heavy atom. The lowest BCUT2D eigenvalue weighted by atomic mass is 10.4. The Kier molecular flexibility index (Phi) is 8.81. The first kappa shape index (κ1) is 25.9. The minimum atomic E-state index is -1.18. The minimum Gasteiger partial charge on any atom is -0.462 e. The van der Waals surface area contributed by atoms with Crippen molar-refractivity contribution in [1.82, 2.24) is 29.2 Å². The van der Waals surface area contributed by atoms with Crippen molar-refractivity contribution < 1.29 is 19.0 Å². The van der Waals surface area contributed by atoms with Gasteiger partial charge in [-0.2, -0.15) is 10.1 Å². The zero-order valence-electron chi connectivity index (χ0n) is 21.1. The number of hydrogen-bond donors (Lipinski definition) is 0. The van der Waals surface area contributed by atoms with E-state index in [1.807, 2.05) is 12.3 Å². The lowest BCUT2D eigenvalue weighted by Gasteiger charge is -2.16. The molecule has 186 valence electrons. The molecule has 10 nitrogen and oxygen atoms in total. The highest BCUT2D eigenvalue weighted by atomic mass is 28.3. The van der Waals surface area contributed by atoms with Gasteiger partial charge in [-0.15, -0.1) is 0 Å². The highest BCUT2D eigenvalue weighted by molar-refractivity contribution is 6.76. The molecule has 3 heterocycles. The van der Waals surface area contributed by atoms with E-state index < -0.39 is 14.0 Å². The van der Waals surface area contributed by atoms with Crippen molar-refractivity contribution in [3.8, 4) is 11.8 Å². The number of carbonyl (C=O) groups is 1. The van der Waals surface area contributed by atoms with E-state index in [0.717, 1.165) is 36.6 Å². The molecule has 0 aliphatic carbocycles. The zero-order chi connectivity index (χ0) is 24.7. The highest BCUT2D eigenvalue weighted by Crippen LogP contribution is 2.25. The van der Waals surface area contributed by atoms with Gasteiger partial charge in [0.25, 0.3) is 5.95 Å². The summed E-state index contributed by atoms with van der Waals surface area (Å²) in [5, 5.41) is 4.25. The van der Waals surface area contributed by atoms with Crippen molar-refractivity contribution in [2.75, 3.05) is 40.6 Å². The van der Waals surface area contributed by atoms with E-state index in [1.54, 1.807) is 13.1 Å². The van der Waals surface area contributed by atoms with Gasteiger partial charge in [0.1, 0.15) is 5.52 Å². The number of esters is 1. The van der Waals surface area contributed by atoms with Crippen LogP contribution in [0.3, 0.4) is 0 Å². The Balaban J connectivity index is 1.85. The SMILES string of the molecule is CCOC(=O)c1cnn(-c2nc(OCOCC[Si](C)(C)C)c3c(ccn3CCCN(C)C)n2)c1. The number of rotatable bonds is 13. The van der Waals surface area contributed by atoms with Gasteiger partial charge < -0.3 is 23.7 Å². The average molecular weight is 489 g/mol. The second-order valence-electron chi connectivity index (χ2n) is 9.60. The van der Waals surface area contributed by atoms with Crippen LogP contribution in [0.25, 0.3) is 17.0 Å². The molecule has 3 aromatic rings. The first-order valence-corrected chi connectivity index (χ1v) is 15.3. The fraction of sp³-hybridized carbons (Fsp3) is 0.565. The standard InChI is InChI=1S/C23H36N6O4Si/c1-7-32-22(30)18-15-24-29(16-18)23-25-19-9-12-28(11-8-10-27(2)3)20(19)21(26-23)33-17-31-13-14-34(4,5)6/h9,12,15-16H,7-8,10-11,13-14,17H2,1-6H3. The van der Waals surface area contributed by atoms with Gasteiger partial charge in [0.05, 0.1) is 23.9 Å². The molecule has 0 atom stereocenters. The zero-order valence-corrected chi connectivity index (χ0v) is 22.1. The van der Waals surface area contributed by atoms with Crippen LogP contribution in [0.15, 0.2) is 24.7 Å². The molecule has 0 fully saturated rings.